The molecule has 2 heterocycles. The van der Waals surface area contributed by atoms with Gasteiger partial charge in [-0.25, -0.2) is 0 Å². The van der Waals surface area contributed by atoms with E-state index in [0.717, 1.165) is 12.8 Å². The number of hydrogen-bond acceptors (Lipinski definition) is 5. The molecule has 2 fully saturated rings. The van der Waals surface area contributed by atoms with Crippen molar-refractivity contribution in [1.29, 1.82) is 0 Å². The molecule has 1 aromatic rings. The van der Waals surface area contributed by atoms with Crippen LogP contribution in [0.5, 0.6) is 0 Å². The molecule has 2 aliphatic rings. The minimum atomic E-state index is -0.101. The van der Waals surface area contributed by atoms with Gasteiger partial charge < -0.3 is 10.2 Å². The van der Waals surface area contributed by atoms with Crippen molar-refractivity contribution >= 4 is 23.3 Å². The number of carbonyl (C=O) groups excluding carboxylic acids is 2. The van der Waals surface area contributed by atoms with Gasteiger partial charge in [-0.2, -0.15) is 0 Å². The predicted molar refractivity (Wildman–Crippen MR) is 60.5 cm³/mol. The van der Waals surface area contributed by atoms with Gasteiger partial charge in [0.1, 0.15) is 0 Å². The molecule has 0 spiro atoms. The summed E-state index contributed by atoms with van der Waals surface area (Å²) in [4.78, 5) is 24.9. The van der Waals surface area contributed by atoms with Crippen LogP contribution in [0.15, 0.2) is 5.38 Å². The van der Waals surface area contributed by atoms with Crippen molar-refractivity contribution in [3.8, 4) is 0 Å². The Morgan fingerprint density at radius 2 is 2.18 bits per heavy atom. The first-order valence-corrected chi connectivity index (χ1v) is 6.44. The SMILES string of the molecule is O=C(NC1CN(C(=O)c2csnn2)C1)C1CC1. The maximum Gasteiger partial charge on any atom is 0.275 e. The van der Waals surface area contributed by atoms with Gasteiger partial charge in [0, 0.05) is 24.4 Å². The van der Waals surface area contributed by atoms with Gasteiger partial charge >= 0.3 is 0 Å². The van der Waals surface area contributed by atoms with E-state index in [1.54, 1.807) is 10.3 Å². The zero-order valence-corrected chi connectivity index (χ0v) is 9.94. The topological polar surface area (TPSA) is 75.2 Å². The predicted octanol–water partition coefficient (Wildman–Crippen LogP) is -0.111. The van der Waals surface area contributed by atoms with Gasteiger partial charge in [0.15, 0.2) is 5.69 Å². The maximum atomic E-state index is 11.8. The fourth-order valence-electron chi connectivity index (χ4n) is 1.82. The average Bonchev–Trinajstić information content (AvgIpc) is 2.97. The van der Waals surface area contributed by atoms with Crippen molar-refractivity contribution in [1.82, 2.24) is 19.8 Å². The van der Waals surface area contributed by atoms with E-state index in [1.165, 1.54) is 11.5 Å². The van der Waals surface area contributed by atoms with Gasteiger partial charge in [-0.05, 0) is 24.4 Å². The van der Waals surface area contributed by atoms with Crippen molar-refractivity contribution in [2.24, 2.45) is 5.92 Å². The van der Waals surface area contributed by atoms with E-state index in [4.69, 9.17) is 0 Å². The highest BCUT2D eigenvalue weighted by atomic mass is 32.1. The maximum absolute atomic E-state index is 11.8. The van der Waals surface area contributed by atoms with E-state index in [1.807, 2.05) is 0 Å². The number of rotatable bonds is 3. The van der Waals surface area contributed by atoms with Crippen LogP contribution >= 0.6 is 11.5 Å². The first-order chi connectivity index (χ1) is 8.24. The van der Waals surface area contributed by atoms with Gasteiger partial charge in [-0.1, -0.05) is 4.49 Å². The van der Waals surface area contributed by atoms with E-state index in [9.17, 15) is 9.59 Å². The van der Waals surface area contributed by atoms with Crippen LogP contribution in [0.25, 0.3) is 0 Å². The Hall–Kier alpha value is -1.50. The van der Waals surface area contributed by atoms with E-state index < -0.39 is 0 Å². The summed E-state index contributed by atoms with van der Waals surface area (Å²) in [6.07, 6.45) is 2.01. The lowest BCUT2D eigenvalue weighted by Gasteiger charge is -2.39. The Morgan fingerprint density at radius 1 is 1.41 bits per heavy atom. The highest BCUT2D eigenvalue weighted by molar-refractivity contribution is 7.03. The first kappa shape index (κ1) is 10.6. The van der Waals surface area contributed by atoms with Crippen LogP contribution in [0, 0.1) is 5.92 Å². The molecular formula is C10H12N4O2S. The molecule has 6 nitrogen and oxygen atoms in total. The van der Waals surface area contributed by atoms with E-state index in [2.05, 4.69) is 14.9 Å². The Labute approximate surface area is 102 Å². The van der Waals surface area contributed by atoms with Crippen molar-refractivity contribution in [3.63, 3.8) is 0 Å². The second kappa shape index (κ2) is 4.06. The average molecular weight is 252 g/mol. The van der Waals surface area contributed by atoms with Crippen LogP contribution in [0.4, 0.5) is 0 Å². The molecule has 1 aliphatic carbocycles. The van der Waals surface area contributed by atoms with E-state index >= 15 is 0 Å². The summed E-state index contributed by atoms with van der Waals surface area (Å²) in [6, 6.07) is 0.110. The van der Waals surface area contributed by atoms with Crippen LogP contribution in [0.3, 0.4) is 0 Å². The molecule has 3 rings (SSSR count). The van der Waals surface area contributed by atoms with Crippen LogP contribution in [0.2, 0.25) is 0 Å². The standard InChI is InChI=1S/C10H12N4O2S/c15-9(6-1-2-6)11-7-3-14(4-7)10(16)8-5-17-13-12-8/h5-7H,1-4H2,(H,11,15). The molecule has 0 radical (unpaired) electrons. The molecular weight excluding hydrogens is 240 g/mol. The second-order valence-corrected chi connectivity index (χ2v) is 5.09. The molecule has 1 saturated carbocycles. The third-order valence-electron chi connectivity index (χ3n) is 3.04. The Bertz CT molecular complexity index is 437. The third-order valence-corrected chi connectivity index (χ3v) is 3.55. The van der Waals surface area contributed by atoms with Crippen molar-refractivity contribution in [2.45, 2.75) is 18.9 Å². The summed E-state index contributed by atoms with van der Waals surface area (Å²) in [5.74, 6) is 0.260. The summed E-state index contributed by atoms with van der Waals surface area (Å²) in [7, 11) is 0. The largest absolute Gasteiger partial charge is 0.350 e. The normalized spacial score (nSPS) is 19.9. The number of nitrogens with one attached hydrogen (secondary N) is 1. The number of amides is 2. The van der Waals surface area contributed by atoms with E-state index in [-0.39, 0.29) is 23.8 Å². The minimum Gasteiger partial charge on any atom is -0.350 e. The summed E-state index contributed by atoms with van der Waals surface area (Å²) in [5, 5.41) is 8.31. The minimum absolute atomic E-state index is 0.101. The Balaban J connectivity index is 1.48. The summed E-state index contributed by atoms with van der Waals surface area (Å²) in [6.45, 7) is 1.16. The van der Waals surface area contributed by atoms with Gasteiger partial charge in [0.2, 0.25) is 5.91 Å². The molecule has 0 unspecified atom stereocenters. The number of aromatic nitrogens is 2. The lowest BCUT2D eigenvalue weighted by Crippen LogP contribution is -2.61. The molecule has 1 N–H and O–H groups in total. The molecule has 17 heavy (non-hydrogen) atoms. The van der Waals surface area contributed by atoms with Gasteiger partial charge in [-0.15, -0.1) is 5.10 Å². The van der Waals surface area contributed by atoms with Gasteiger partial charge in [0.25, 0.3) is 5.91 Å². The van der Waals surface area contributed by atoms with Crippen molar-refractivity contribution in [3.05, 3.63) is 11.1 Å². The molecule has 1 aliphatic heterocycles. The summed E-state index contributed by atoms with van der Waals surface area (Å²) in [5.41, 5.74) is 0.391. The molecule has 0 aromatic carbocycles. The van der Waals surface area contributed by atoms with Crippen LogP contribution < -0.4 is 5.32 Å². The van der Waals surface area contributed by atoms with Gasteiger partial charge in [-0.3, -0.25) is 9.59 Å². The Morgan fingerprint density at radius 3 is 2.76 bits per heavy atom. The quantitative estimate of drug-likeness (QED) is 0.814. The van der Waals surface area contributed by atoms with Crippen molar-refractivity contribution in [2.75, 3.05) is 13.1 Å². The number of likely N-dealkylation sites (tertiary alicyclic amines) is 1. The Kier molecular flexibility index (Phi) is 2.54. The molecule has 1 saturated heterocycles. The van der Waals surface area contributed by atoms with Crippen molar-refractivity contribution < 1.29 is 9.59 Å². The number of hydrogen-bond donors (Lipinski definition) is 1. The van der Waals surface area contributed by atoms with Crippen LogP contribution in [-0.4, -0.2) is 45.4 Å². The lowest BCUT2D eigenvalue weighted by molar-refractivity contribution is -0.123. The van der Waals surface area contributed by atoms with Gasteiger partial charge in [0.05, 0.1) is 6.04 Å². The highest BCUT2D eigenvalue weighted by Gasteiger charge is 2.36. The molecule has 0 bridgehead atoms. The molecule has 2 amide bonds. The summed E-state index contributed by atoms with van der Waals surface area (Å²) < 4.78 is 3.66. The van der Waals surface area contributed by atoms with Crippen LogP contribution in [-0.2, 0) is 4.79 Å². The smallest absolute Gasteiger partial charge is 0.275 e. The third kappa shape index (κ3) is 2.14. The zero-order chi connectivity index (χ0) is 11.8. The number of carbonyl (C=O) groups is 2. The molecule has 0 atom stereocenters. The molecule has 1 aromatic heterocycles. The monoisotopic (exact) mass is 252 g/mol. The van der Waals surface area contributed by atoms with E-state index in [0.29, 0.717) is 18.8 Å². The summed E-state index contributed by atoms with van der Waals surface area (Å²) >= 11 is 1.17. The fourth-order valence-corrected chi connectivity index (χ4v) is 2.25. The molecule has 90 valence electrons. The van der Waals surface area contributed by atoms with Crippen LogP contribution in [0.1, 0.15) is 23.3 Å². The lowest BCUT2D eigenvalue weighted by atomic mass is 10.1. The molecule has 7 heteroatoms. The highest BCUT2D eigenvalue weighted by Crippen LogP contribution is 2.29. The number of nitrogens with zero attached hydrogens (tertiary/aromatic N) is 3. The first-order valence-electron chi connectivity index (χ1n) is 5.61. The fraction of sp³-hybridized carbons (Fsp3) is 0.600. The zero-order valence-electron chi connectivity index (χ0n) is 9.13. The second-order valence-electron chi connectivity index (χ2n) is 4.48.